The summed E-state index contributed by atoms with van der Waals surface area (Å²) in [6.45, 7) is 2.67. The summed E-state index contributed by atoms with van der Waals surface area (Å²) in [5.74, 6) is -1.28. The highest BCUT2D eigenvalue weighted by atomic mass is 32.1. The Kier molecular flexibility index (Phi) is 4.02. The Morgan fingerprint density at radius 1 is 1.33 bits per heavy atom. The van der Waals surface area contributed by atoms with Gasteiger partial charge < -0.3 is 10.0 Å². The maximum absolute atomic E-state index is 12.9. The second kappa shape index (κ2) is 5.79. The fourth-order valence-corrected chi connectivity index (χ4v) is 4.06. The van der Waals surface area contributed by atoms with Crippen molar-refractivity contribution < 1.29 is 14.7 Å². The summed E-state index contributed by atoms with van der Waals surface area (Å²) in [6.07, 6.45) is 3.44. The number of amides is 1. The number of carboxylic acids is 1. The van der Waals surface area contributed by atoms with Crippen molar-refractivity contribution in [1.29, 1.82) is 0 Å². The molecule has 3 rings (SSSR count). The average molecular weight is 307 g/mol. The topological polar surface area (TPSA) is 57.6 Å². The minimum atomic E-state index is -0.816. The Morgan fingerprint density at radius 2 is 2.05 bits per heavy atom. The van der Waals surface area contributed by atoms with Gasteiger partial charge in [-0.05, 0) is 54.0 Å². The zero-order chi connectivity index (χ0) is 15.0. The molecule has 2 saturated carbocycles. The highest BCUT2D eigenvalue weighted by molar-refractivity contribution is 7.07. The van der Waals surface area contributed by atoms with Gasteiger partial charge in [0.2, 0.25) is 5.91 Å². The summed E-state index contributed by atoms with van der Waals surface area (Å²) < 4.78 is 0. The summed E-state index contributed by atoms with van der Waals surface area (Å²) >= 11 is 1.63. The third-order valence-corrected chi connectivity index (χ3v) is 5.37. The van der Waals surface area contributed by atoms with Crippen molar-refractivity contribution in [3.05, 3.63) is 22.4 Å². The zero-order valence-electron chi connectivity index (χ0n) is 12.2. The smallest absolute Gasteiger partial charge is 0.307 e. The Morgan fingerprint density at radius 3 is 2.62 bits per heavy atom. The monoisotopic (exact) mass is 307 g/mol. The van der Waals surface area contributed by atoms with Gasteiger partial charge in [0.25, 0.3) is 0 Å². The van der Waals surface area contributed by atoms with Crippen LogP contribution in [-0.2, 0) is 16.1 Å². The van der Waals surface area contributed by atoms with E-state index in [-0.39, 0.29) is 11.8 Å². The molecule has 1 amide bonds. The quantitative estimate of drug-likeness (QED) is 0.910. The molecular weight excluding hydrogens is 286 g/mol. The van der Waals surface area contributed by atoms with E-state index in [9.17, 15) is 14.7 Å². The third kappa shape index (κ3) is 3.12. The maximum atomic E-state index is 12.9. The third-order valence-electron chi connectivity index (χ3n) is 4.64. The molecule has 114 valence electrons. The first kappa shape index (κ1) is 14.6. The number of carboxylic acid groups (broad SMARTS) is 1. The van der Waals surface area contributed by atoms with Crippen LogP contribution in [0.15, 0.2) is 16.8 Å². The lowest BCUT2D eigenvalue weighted by molar-refractivity contribution is -0.149. The molecule has 21 heavy (non-hydrogen) atoms. The van der Waals surface area contributed by atoms with Crippen LogP contribution in [0.5, 0.6) is 0 Å². The number of nitrogens with zero attached hydrogens (tertiary/aromatic N) is 1. The molecule has 1 unspecified atom stereocenters. The number of carbonyl (C=O) groups excluding carboxylic acids is 1. The molecular formula is C16H21NO3S. The van der Waals surface area contributed by atoms with Crippen LogP contribution in [0.25, 0.3) is 0 Å². The summed E-state index contributed by atoms with van der Waals surface area (Å²) in [6, 6.07) is 2.36. The molecule has 0 bridgehead atoms. The van der Waals surface area contributed by atoms with Crippen LogP contribution in [0.1, 0.15) is 38.2 Å². The molecule has 2 aliphatic rings. The van der Waals surface area contributed by atoms with Gasteiger partial charge in [0.1, 0.15) is 0 Å². The highest BCUT2D eigenvalue weighted by Gasteiger charge is 2.45. The summed E-state index contributed by atoms with van der Waals surface area (Å²) in [7, 11) is 0. The van der Waals surface area contributed by atoms with Crippen molar-refractivity contribution >= 4 is 23.2 Å². The van der Waals surface area contributed by atoms with Crippen molar-refractivity contribution in [3.8, 4) is 0 Å². The maximum Gasteiger partial charge on any atom is 0.307 e. The lowest BCUT2D eigenvalue weighted by Crippen LogP contribution is -2.40. The van der Waals surface area contributed by atoms with Gasteiger partial charge in [-0.3, -0.25) is 9.59 Å². The van der Waals surface area contributed by atoms with E-state index in [0.717, 1.165) is 18.4 Å². The number of hydrogen-bond donors (Lipinski definition) is 1. The molecule has 1 heterocycles. The first-order chi connectivity index (χ1) is 10.1. The van der Waals surface area contributed by atoms with Crippen molar-refractivity contribution in [2.24, 2.45) is 17.8 Å². The van der Waals surface area contributed by atoms with Gasteiger partial charge in [0.05, 0.1) is 11.8 Å². The van der Waals surface area contributed by atoms with Gasteiger partial charge in [-0.2, -0.15) is 11.3 Å². The Bertz CT molecular complexity index is 524. The highest BCUT2D eigenvalue weighted by Crippen LogP contribution is 2.40. The normalized spacial score (nSPS) is 28.5. The van der Waals surface area contributed by atoms with Gasteiger partial charge in [0, 0.05) is 12.6 Å². The van der Waals surface area contributed by atoms with Crippen LogP contribution in [0, 0.1) is 17.8 Å². The van der Waals surface area contributed by atoms with Crippen molar-refractivity contribution in [3.63, 3.8) is 0 Å². The molecule has 2 fully saturated rings. The van der Waals surface area contributed by atoms with Gasteiger partial charge in [-0.25, -0.2) is 0 Å². The SMILES string of the molecule is CC1C[C@H](C(=O)N(Cc2ccsc2)C2CC2)[C@H](C(=O)O)C1. The second-order valence-electron chi connectivity index (χ2n) is 6.46. The van der Waals surface area contributed by atoms with E-state index in [2.05, 4.69) is 5.38 Å². The molecule has 0 radical (unpaired) electrons. The molecule has 4 nitrogen and oxygen atoms in total. The fraction of sp³-hybridized carbons (Fsp3) is 0.625. The van der Waals surface area contributed by atoms with Crippen LogP contribution in [-0.4, -0.2) is 27.9 Å². The predicted octanol–water partition coefficient (Wildman–Crippen LogP) is 2.99. The average Bonchev–Trinajstić information content (AvgIpc) is 2.99. The van der Waals surface area contributed by atoms with E-state index in [1.807, 2.05) is 23.3 Å². The molecule has 3 atom stereocenters. The van der Waals surface area contributed by atoms with Crippen LogP contribution in [0.4, 0.5) is 0 Å². The van der Waals surface area contributed by atoms with E-state index in [0.29, 0.717) is 31.3 Å². The molecule has 0 aliphatic heterocycles. The Hall–Kier alpha value is -1.36. The largest absolute Gasteiger partial charge is 0.481 e. The first-order valence-electron chi connectivity index (χ1n) is 7.60. The van der Waals surface area contributed by atoms with Crippen molar-refractivity contribution in [1.82, 2.24) is 4.90 Å². The molecule has 0 spiro atoms. The van der Waals surface area contributed by atoms with Crippen LogP contribution in [0.3, 0.4) is 0 Å². The molecule has 1 aromatic heterocycles. The molecule has 0 aromatic carbocycles. The molecule has 0 saturated heterocycles. The molecule has 1 N–H and O–H groups in total. The Labute approximate surface area is 128 Å². The van der Waals surface area contributed by atoms with Crippen LogP contribution >= 0.6 is 11.3 Å². The molecule has 1 aromatic rings. The number of hydrogen-bond acceptors (Lipinski definition) is 3. The van der Waals surface area contributed by atoms with Gasteiger partial charge >= 0.3 is 5.97 Å². The standard InChI is InChI=1S/C16H21NO3S/c1-10-6-13(14(7-10)16(19)20)15(18)17(12-2-3-12)8-11-4-5-21-9-11/h4-5,9-10,12-14H,2-3,6-8H2,1H3,(H,19,20)/t10?,13-,14+/m0/s1. The molecule has 5 heteroatoms. The summed E-state index contributed by atoms with van der Waals surface area (Å²) in [5.41, 5.74) is 1.15. The van der Waals surface area contributed by atoms with Crippen molar-refractivity contribution in [2.45, 2.75) is 45.2 Å². The van der Waals surface area contributed by atoms with Crippen molar-refractivity contribution in [2.75, 3.05) is 0 Å². The Balaban J connectivity index is 1.75. The van der Waals surface area contributed by atoms with E-state index in [4.69, 9.17) is 0 Å². The van der Waals surface area contributed by atoms with E-state index in [1.54, 1.807) is 11.3 Å². The number of rotatable bonds is 5. The van der Waals surface area contributed by atoms with Gasteiger partial charge in [-0.1, -0.05) is 6.92 Å². The van der Waals surface area contributed by atoms with Crippen LogP contribution in [0.2, 0.25) is 0 Å². The lowest BCUT2D eigenvalue weighted by atomic mass is 9.94. The number of thiophene rings is 1. The van der Waals surface area contributed by atoms with Gasteiger partial charge in [0.15, 0.2) is 0 Å². The first-order valence-corrected chi connectivity index (χ1v) is 8.55. The summed E-state index contributed by atoms with van der Waals surface area (Å²) in [4.78, 5) is 26.2. The van der Waals surface area contributed by atoms with Crippen LogP contribution < -0.4 is 0 Å². The van der Waals surface area contributed by atoms with E-state index in [1.165, 1.54) is 0 Å². The zero-order valence-corrected chi connectivity index (χ0v) is 13.0. The minimum absolute atomic E-state index is 0.0560. The van der Waals surface area contributed by atoms with Gasteiger partial charge in [-0.15, -0.1) is 0 Å². The second-order valence-corrected chi connectivity index (χ2v) is 7.24. The molecule has 2 aliphatic carbocycles. The number of aliphatic carboxylic acids is 1. The van der Waals surface area contributed by atoms with E-state index < -0.39 is 11.9 Å². The van der Waals surface area contributed by atoms with E-state index >= 15 is 0 Å². The minimum Gasteiger partial charge on any atom is -0.481 e. The number of carbonyl (C=O) groups is 2. The lowest BCUT2D eigenvalue weighted by Gasteiger charge is -2.27. The summed E-state index contributed by atoms with van der Waals surface area (Å²) in [5, 5.41) is 13.5. The predicted molar refractivity (Wildman–Crippen MR) is 80.9 cm³/mol. The fourth-order valence-electron chi connectivity index (χ4n) is 3.40.